The number of imidazole rings is 1. The van der Waals surface area contributed by atoms with E-state index in [1.807, 2.05) is 24.3 Å². The highest BCUT2D eigenvalue weighted by atomic mass is 35.5. The lowest BCUT2D eigenvalue weighted by Crippen LogP contribution is -2.33. The summed E-state index contributed by atoms with van der Waals surface area (Å²) >= 11 is 5.80. The summed E-state index contributed by atoms with van der Waals surface area (Å²) in [6.07, 6.45) is 0. The Hall–Kier alpha value is -2.73. The average Bonchev–Trinajstić information content (AvgIpc) is 2.82. The second-order valence-corrected chi connectivity index (χ2v) is 5.81. The number of para-hydroxylation sites is 2. The first-order chi connectivity index (χ1) is 11.6. The number of nitrogens with one attached hydrogen (secondary N) is 2. The van der Waals surface area contributed by atoms with Crippen molar-refractivity contribution in [2.24, 2.45) is 7.05 Å². The van der Waals surface area contributed by atoms with Crippen LogP contribution in [0.25, 0.3) is 11.0 Å². The number of carbonyl (C=O) groups is 1. The number of carbonyl (C=O) groups excluding carboxylic acids is 1. The molecule has 124 valence electrons. The minimum Gasteiger partial charge on any atom is -0.336 e. The number of anilines is 1. The van der Waals surface area contributed by atoms with Crippen molar-refractivity contribution in [1.29, 1.82) is 0 Å². The van der Waals surface area contributed by atoms with Crippen molar-refractivity contribution in [2.45, 2.75) is 6.54 Å². The quantitative estimate of drug-likeness (QED) is 0.764. The summed E-state index contributed by atoms with van der Waals surface area (Å²) in [4.78, 5) is 24.2. The van der Waals surface area contributed by atoms with Crippen molar-refractivity contribution in [2.75, 3.05) is 11.9 Å². The first-order valence-corrected chi connectivity index (χ1v) is 7.89. The maximum Gasteiger partial charge on any atom is 0.328 e. The second-order valence-electron chi connectivity index (χ2n) is 5.37. The summed E-state index contributed by atoms with van der Waals surface area (Å²) in [6, 6.07) is 14.1. The summed E-state index contributed by atoms with van der Waals surface area (Å²) in [5, 5.41) is 6.06. The van der Waals surface area contributed by atoms with Gasteiger partial charge in [-0.25, -0.2) is 9.59 Å². The van der Waals surface area contributed by atoms with Crippen molar-refractivity contribution in [1.82, 2.24) is 14.5 Å². The maximum atomic E-state index is 12.3. The number of nitrogens with zero attached hydrogens (tertiary/aromatic N) is 2. The molecule has 0 saturated carbocycles. The number of fused-ring (bicyclic) bond motifs is 1. The van der Waals surface area contributed by atoms with E-state index in [1.54, 1.807) is 40.4 Å². The first-order valence-electron chi connectivity index (χ1n) is 7.51. The van der Waals surface area contributed by atoms with Gasteiger partial charge in [-0.3, -0.25) is 9.13 Å². The van der Waals surface area contributed by atoms with Crippen LogP contribution in [0.1, 0.15) is 0 Å². The standard InChI is InChI=1S/C17H17ClN4O2/c1-21-14-4-2-3-5-15(14)22(17(21)24)11-10-19-16(23)20-13-8-6-12(18)7-9-13/h2-9H,10-11H2,1H3,(H2,19,20,23). The van der Waals surface area contributed by atoms with E-state index >= 15 is 0 Å². The van der Waals surface area contributed by atoms with E-state index in [2.05, 4.69) is 10.6 Å². The van der Waals surface area contributed by atoms with Gasteiger partial charge in [0, 0.05) is 30.8 Å². The molecular formula is C17H17ClN4O2. The molecule has 24 heavy (non-hydrogen) atoms. The lowest BCUT2D eigenvalue weighted by Gasteiger charge is -2.08. The van der Waals surface area contributed by atoms with Gasteiger partial charge in [-0.2, -0.15) is 0 Å². The maximum absolute atomic E-state index is 12.3. The van der Waals surface area contributed by atoms with E-state index in [4.69, 9.17) is 11.6 Å². The third-order valence-electron chi connectivity index (χ3n) is 3.77. The molecular weight excluding hydrogens is 328 g/mol. The van der Waals surface area contributed by atoms with E-state index in [0.717, 1.165) is 11.0 Å². The minimum atomic E-state index is -0.328. The van der Waals surface area contributed by atoms with Crippen LogP contribution in [-0.2, 0) is 13.6 Å². The molecule has 0 aliphatic rings. The van der Waals surface area contributed by atoms with Crippen LogP contribution in [0.5, 0.6) is 0 Å². The average molecular weight is 345 g/mol. The van der Waals surface area contributed by atoms with E-state index in [0.29, 0.717) is 23.8 Å². The topological polar surface area (TPSA) is 68.1 Å². The highest BCUT2D eigenvalue weighted by Crippen LogP contribution is 2.13. The van der Waals surface area contributed by atoms with Crippen LogP contribution in [0.4, 0.5) is 10.5 Å². The van der Waals surface area contributed by atoms with Crippen LogP contribution in [0.3, 0.4) is 0 Å². The van der Waals surface area contributed by atoms with Gasteiger partial charge in [0.1, 0.15) is 0 Å². The Labute approximate surface area is 143 Å². The van der Waals surface area contributed by atoms with Gasteiger partial charge in [-0.05, 0) is 36.4 Å². The van der Waals surface area contributed by atoms with Crippen molar-refractivity contribution in [3.05, 3.63) is 64.0 Å². The fourth-order valence-electron chi connectivity index (χ4n) is 2.57. The number of hydrogen-bond donors (Lipinski definition) is 2. The summed E-state index contributed by atoms with van der Waals surface area (Å²) in [6.45, 7) is 0.738. The number of hydrogen-bond acceptors (Lipinski definition) is 2. The fourth-order valence-corrected chi connectivity index (χ4v) is 2.70. The Balaban J connectivity index is 1.62. The van der Waals surface area contributed by atoms with Gasteiger partial charge >= 0.3 is 11.7 Å². The van der Waals surface area contributed by atoms with E-state index in [1.165, 1.54) is 0 Å². The molecule has 3 aromatic rings. The zero-order chi connectivity index (χ0) is 17.1. The Morgan fingerprint density at radius 3 is 2.46 bits per heavy atom. The minimum absolute atomic E-state index is 0.101. The van der Waals surface area contributed by atoms with Crippen LogP contribution >= 0.6 is 11.6 Å². The predicted molar refractivity (Wildman–Crippen MR) is 95.7 cm³/mol. The lowest BCUT2D eigenvalue weighted by molar-refractivity contribution is 0.251. The highest BCUT2D eigenvalue weighted by molar-refractivity contribution is 6.30. The van der Waals surface area contributed by atoms with Gasteiger partial charge in [0.2, 0.25) is 0 Å². The molecule has 2 amide bonds. The molecule has 0 aliphatic carbocycles. The summed E-state index contributed by atoms with van der Waals surface area (Å²) in [5.41, 5.74) is 2.27. The molecule has 0 saturated heterocycles. The van der Waals surface area contributed by atoms with Gasteiger partial charge in [-0.15, -0.1) is 0 Å². The molecule has 0 radical (unpaired) electrons. The van der Waals surface area contributed by atoms with E-state index < -0.39 is 0 Å². The monoisotopic (exact) mass is 344 g/mol. The van der Waals surface area contributed by atoms with Crippen molar-refractivity contribution >= 4 is 34.4 Å². The number of benzene rings is 2. The molecule has 2 aromatic carbocycles. The molecule has 1 aromatic heterocycles. The van der Waals surface area contributed by atoms with Crippen molar-refractivity contribution in [3.63, 3.8) is 0 Å². The zero-order valence-corrected chi connectivity index (χ0v) is 13.9. The Bertz CT molecular complexity index is 928. The zero-order valence-electron chi connectivity index (χ0n) is 13.1. The van der Waals surface area contributed by atoms with E-state index in [-0.39, 0.29) is 11.7 Å². The molecule has 0 spiro atoms. The Morgan fingerprint density at radius 2 is 1.75 bits per heavy atom. The molecule has 0 aliphatic heterocycles. The van der Waals surface area contributed by atoms with Crippen LogP contribution in [0.2, 0.25) is 5.02 Å². The first kappa shape index (κ1) is 16.1. The molecule has 6 nitrogen and oxygen atoms in total. The summed E-state index contributed by atoms with van der Waals surface area (Å²) < 4.78 is 3.25. The van der Waals surface area contributed by atoms with E-state index in [9.17, 15) is 9.59 Å². The number of amides is 2. The van der Waals surface area contributed by atoms with Gasteiger partial charge in [0.15, 0.2) is 0 Å². The molecule has 0 fully saturated rings. The predicted octanol–water partition coefficient (Wildman–Crippen LogP) is 2.82. The van der Waals surface area contributed by atoms with Gasteiger partial charge < -0.3 is 10.6 Å². The second kappa shape index (κ2) is 6.80. The third-order valence-corrected chi connectivity index (χ3v) is 4.03. The molecule has 3 rings (SSSR count). The van der Waals surface area contributed by atoms with Crippen LogP contribution in [0.15, 0.2) is 53.3 Å². The SMILES string of the molecule is Cn1c(=O)n(CCNC(=O)Nc2ccc(Cl)cc2)c2ccccc21. The van der Waals surface area contributed by atoms with Crippen LogP contribution < -0.4 is 16.3 Å². The lowest BCUT2D eigenvalue weighted by atomic mass is 10.3. The Kier molecular flexibility index (Phi) is 4.57. The number of aromatic nitrogens is 2. The highest BCUT2D eigenvalue weighted by Gasteiger charge is 2.09. The molecule has 0 atom stereocenters. The molecule has 1 heterocycles. The summed E-state index contributed by atoms with van der Waals surface area (Å²) in [7, 11) is 1.74. The third kappa shape index (κ3) is 3.28. The molecule has 7 heteroatoms. The van der Waals surface area contributed by atoms with Crippen LogP contribution in [0, 0.1) is 0 Å². The summed E-state index contributed by atoms with van der Waals surface area (Å²) in [5.74, 6) is 0. The van der Waals surface area contributed by atoms with Crippen molar-refractivity contribution < 1.29 is 4.79 Å². The molecule has 0 bridgehead atoms. The largest absolute Gasteiger partial charge is 0.336 e. The molecule has 0 unspecified atom stereocenters. The number of urea groups is 1. The number of rotatable bonds is 4. The van der Waals surface area contributed by atoms with Gasteiger partial charge in [0.25, 0.3) is 0 Å². The smallest absolute Gasteiger partial charge is 0.328 e. The molecule has 2 N–H and O–H groups in total. The number of aryl methyl sites for hydroxylation is 1. The van der Waals surface area contributed by atoms with Gasteiger partial charge in [-0.1, -0.05) is 23.7 Å². The van der Waals surface area contributed by atoms with Crippen LogP contribution in [-0.4, -0.2) is 21.7 Å². The number of halogens is 1. The van der Waals surface area contributed by atoms with Gasteiger partial charge in [0.05, 0.1) is 11.0 Å². The Morgan fingerprint density at radius 1 is 1.08 bits per heavy atom. The van der Waals surface area contributed by atoms with Crippen molar-refractivity contribution in [3.8, 4) is 0 Å². The normalized spacial score (nSPS) is 10.8. The fraction of sp³-hybridized carbons (Fsp3) is 0.176.